The molecule has 1 spiro atoms. The minimum Gasteiger partial charge on any atom is -0.336 e. The maximum atomic E-state index is 12.4. The summed E-state index contributed by atoms with van der Waals surface area (Å²) < 4.78 is 0. The Kier molecular flexibility index (Phi) is 4.37. The number of benzene rings is 1. The van der Waals surface area contributed by atoms with Gasteiger partial charge in [0.25, 0.3) is 0 Å². The maximum Gasteiger partial charge on any atom is 0.223 e. The van der Waals surface area contributed by atoms with Crippen LogP contribution in [-0.4, -0.2) is 41.9 Å². The highest BCUT2D eigenvalue weighted by atomic mass is 16.2. The van der Waals surface area contributed by atoms with Gasteiger partial charge >= 0.3 is 0 Å². The first-order valence-electron chi connectivity index (χ1n) is 12.0. The third kappa shape index (κ3) is 3.00. The summed E-state index contributed by atoms with van der Waals surface area (Å²) in [5.74, 6) is 3.03. The molecule has 1 aromatic carbocycles. The zero-order valence-electron chi connectivity index (χ0n) is 17.6. The van der Waals surface area contributed by atoms with Crippen LogP contribution in [0.3, 0.4) is 0 Å². The van der Waals surface area contributed by atoms with E-state index in [1.54, 1.807) is 5.56 Å². The van der Waals surface area contributed by atoms with Crippen molar-refractivity contribution in [2.45, 2.75) is 62.8 Å². The molecule has 3 fully saturated rings. The van der Waals surface area contributed by atoms with Crippen LogP contribution >= 0.6 is 0 Å². The lowest BCUT2D eigenvalue weighted by Crippen LogP contribution is -2.47. The number of fused-ring (bicyclic) bond motifs is 4. The largest absolute Gasteiger partial charge is 0.336 e. The second kappa shape index (κ2) is 6.97. The molecular weight excluding hydrogens is 356 g/mol. The summed E-state index contributed by atoms with van der Waals surface area (Å²) in [5.41, 5.74) is 3.38. The molecule has 154 valence electrons. The first-order chi connectivity index (χ1) is 14.2. The average molecular weight is 391 g/mol. The van der Waals surface area contributed by atoms with Crippen LogP contribution in [0.5, 0.6) is 0 Å². The number of rotatable bonds is 3. The lowest BCUT2D eigenvalue weighted by atomic mass is 9.63. The third-order valence-electron chi connectivity index (χ3n) is 9.00. The Bertz CT molecular complexity index is 822. The van der Waals surface area contributed by atoms with E-state index in [0.717, 1.165) is 43.6 Å². The molecule has 0 N–H and O–H groups in total. The fourth-order valence-corrected chi connectivity index (χ4v) is 7.42. The monoisotopic (exact) mass is 390 g/mol. The second-order valence-corrected chi connectivity index (χ2v) is 10.5. The van der Waals surface area contributed by atoms with Crippen LogP contribution < -0.4 is 0 Å². The molecule has 1 amide bonds. The van der Waals surface area contributed by atoms with Crippen LogP contribution in [0.1, 0.15) is 68.5 Å². The molecule has 1 aromatic rings. The summed E-state index contributed by atoms with van der Waals surface area (Å²) in [5, 5.41) is 0. The van der Waals surface area contributed by atoms with E-state index in [-0.39, 0.29) is 0 Å². The van der Waals surface area contributed by atoms with Crippen molar-refractivity contribution in [2.24, 2.45) is 17.8 Å². The highest BCUT2D eigenvalue weighted by Gasteiger charge is 2.45. The zero-order valence-corrected chi connectivity index (χ0v) is 17.6. The summed E-state index contributed by atoms with van der Waals surface area (Å²) in [6.45, 7) is 4.77. The molecular formula is C26H34N2O. The lowest BCUT2D eigenvalue weighted by Gasteiger charge is -2.49. The molecule has 0 radical (unpaired) electrons. The van der Waals surface area contributed by atoms with Crippen LogP contribution in [0, 0.1) is 17.8 Å². The number of carbonyl (C=O) groups excluding carboxylic acids is 1. The third-order valence-corrected chi connectivity index (χ3v) is 9.00. The second-order valence-electron chi connectivity index (χ2n) is 10.5. The van der Waals surface area contributed by atoms with Crippen LogP contribution in [0.2, 0.25) is 0 Å². The highest BCUT2D eigenvalue weighted by molar-refractivity contribution is 5.78. The first-order valence-corrected chi connectivity index (χ1v) is 12.0. The van der Waals surface area contributed by atoms with Crippen molar-refractivity contribution in [2.75, 3.05) is 26.2 Å². The van der Waals surface area contributed by atoms with Gasteiger partial charge in [-0.15, -0.1) is 0 Å². The predicted octanol–water partition coefficient (Wildman–Crippen LogP) is 4.69. The summed E-state index contributed by atoms with van der Waals surface area (Å²) >= 11 is 0. The number of hydrogen-bond acceptors (Lipinski definition) is 2. The fourth-order valence-electron chi connectivity index (χ4n) is 7.42. The molecule has 6 rings (SSSR count). The number of piperidine rings is 1. The summed E-state index contributed by atoms with van der Waals surface area (Å²) in [6, 6.07) is 9.44. The van der Waals surface area contributed by atoms with Crippen molar-refractivity contribution in [3.05, 3.63) is 47.5 Å². The SMILES string of the molecule is O=C1CCCN1[C@H]1CCC2(CCN(C[C@@H]3C[C@H]4C=C[C@H]3C4)CC2)c2ccccc21. The Labute approximate surface area is 175 Å². The number of hydrogen-bond donors (Lipinski definition) is 0. The number of amides is 1. The van der Waals surface area contributed by atoms with Crippen molar-refractivity contribution in [3.8, 4) is 0 Å². The maximum absolute atomic E-state index is 12.4. The molecule has 2 bridgehead atoms. The highest BCUT2D eigenvalue weighted by Crippen LogP contribution is 2.50. The van der Waals surface area contributed by atoms with Crippen molar-refractivity contribution in [1.82, 2.24) is 9.80 Å². The molecule has 4 atom stereocenters. The van der Waals surface area contributed by atoms with Gasteiger partial charge in [0.15, 0.2) is 0 Å². The normalized spacial score (nSPS) is 35.6. The quantitative estimate of drug-likeness (QED) is 0.699. The van der Waals surface area contributed by atoms with Crippen molar-refractivity contribution >= 4 is 5.91 Å². The van der Waals surface area contributed by atoms with Gasteiger partial charge in [-0.2, -0.15) is 0 Å². The van der Waals surface area contributed by atoms with E-state index in [4.69, 9.17) is 0 Å². The Morgan fingerprint density at radius 2 is 1.86 bits per heavy atom. The van der Waals surface area contributed by atoms with E-state index >= 15 is 0 Å². The average Bonchev–Trinajstić information content (AvgIpc) is 3.48. The van der Waals surface area contributed by atoms with Gasteiger partial charge in [-0.25, -0.2) is 0 Å². The molecule has 0 aromatic heterocycles. The Morgan fingerprint density at radius 3 is 2.59 bits per heavy atom. The van der Waals surface area contributed by atoms with Gasteiger partial charge in [0, 0.05) is 19.5 Å². The van der Waals surface area contributed by atoms with Crippen LogP contribution in [0.15, 0.2) is 36.4 Å². The van der Waals surface area contributed by atoms with E-state index in [9.17, 15) is 4.79 Å². The molecule has 29 heavy (non-hydrogen) atoms. The molecule has 5 aliphatic rings. The number of carbonyl (C=O) groups is 1. The Balaban J connectivity index is 1.18. The fraction of sp³-hybridized carbons (Fsp3) is 0.654. The minimum atomic E-state index is 0.325. The van der Waals surface area contributed by atoms with E-state index in [0.29, 0.717) is 17.4 Å². The van der Waals surface area contributed by atoms with E-state index in [1.165, 1.54) is 57.3 Å². The van der Waals surface area contributed by atoms with Crippen molar-refractivity contribution in [3.63, 3.8) is 0 Å². The molecule has 3 nitrogen and oxygen atoms in total. The lowest BCUT2D eigenvalue weighted by molar-refractivity contribution is -0.130. The standard InChI is InChI=1S/C26H34N2O/c29-25-6-3-13-28(25)24-9-10-26(23-5-2-1-4-22(23)24)11-14-27(15-12-26)18-21-17-19-7-8-20(21)16-19/h1-2,4-5,7-8,19-21,24H,3,6,9-18H2/t19-,20-,21-,24-/m0/s1. The van der Waals surface area contributed by atoms with Gasteiger partial charge in [-0.1, -0.05) is 36.4 Å². The first kappa shape index (κ1) is 18.2. The van der Waals surface area contributed by atoms with Crippen molar-refractivity contribution in [1.29, 1.82) is 0 Å². The molecule has 1 saturated carbocycles. The molecule has 0 unspecified atom stereocenters. The Morgan fingerprint density at radius 1 is 1.00 bits per heavy atom. The molecule has 3 heteroatoms. The Hall–Kier alpha value is -1.61. The topological polar surface area (TPSA) is 23.6 Å². The van der Waals surface area contributed by atoms with Crippen LogP contribution in [0.25, 0.3) is 0 Å². The van der Waals surface area contributed by atoms with E-state index in [1.807, 2.05) is 0 Å². The van der Waals surface area contributed by atoms with E-state index < -0.39 is 0 Å². The number of nitrogens with zero attached hydrogens (tertiary/aromatic N) is 2. The van der Waals surface area contributed by atoms with Gasteiger partial charge < -0.3 is 9.80 Å². The predicted molar refractivity (Wildman–Crippen MR) is 116 cm³/mol. The van der Waals surface area contributed by atoms with Crippen molar-refractivity contribution < 1.29 is 4.79 Å². The van der Waals surface area contributed by atoms with Crippen LogP contribution in [-0.2, 0) is 10.2 Å². The van der Waals surface area contributed by atoms with Gasteiger partial charge in [0.1, 0.15) is 0 Å². The van der Waals surface area contributed by atoms with Gasteiger partial charge in [0.05, 0.1) is 6.04 Å². The van der Waals surface area contributed by atoms with E-state index in [2.05, 4.69) is 46.2 Å². The zero-order chi connectivity index (χ0) is 19.4. The summed E-state index contributed by atoms with van der Waals surface area (Å²) in [6.07, 6.45) is 14.6. The number of likely N-dealkylation sites (tertiary alicyclic amines) is 2. The summed E-state index contributed by atoms with van der Waals surface area (Å²) in [7, 11) is 0. The smallest absolute Gasteiger partial charge is 0.223 e. The van der Waals surface area contributed by atoms with Gasteiger partial charge in [-0.05, 0) is 92.3 Å². The molecule has 2 aliphatic heterocycles. The number of allylic oxidation sites excluding steroid dienone is 2. The minimum absolute atomic E-state index is 0.325. The van der Waals surface area contributed by atoms with Gasteiger partial charge in [0.2, 0.25) is 5.91 Å². The molecule has 3 aliphatic carbocycles. The summed E-state index contributed by atoms with van der Waals surface area (Å²) in [4.78, 5) is 17.4. The molecule has 2 saturated heterocycles. The van der Waals surface area contributed by atoms with Crippen LogP contribution in [0.4, 0.5) is 0 Å². The van der Waals surface area contributed by atoms with Gasteiger partial charge in [-0.3, -0.25) is 4.79 Å². The molecule has 2 heterocycles.